The zero-order chi connectivity index (χ0) is 45.1. The van der Waals surface area contributed by atoms with Gasteiger partial charge in [0.05, 0.1) is 37.9 Å². The fraction of sp³-hybridized carbons (Fsp3) is 0.562. The first kappa shape index (κ1) is 48.0. The predicted molar refractivity (Wildman–Crippen MR) is 237 cm³/mol. The number of aliphatic hydroxyl groups is 3. The molecule has 0 saturated carbocycles. The van der Waals surface area contributed by atoms with Crippen molar-refractivity contribution in [1.29, 1.82) is 0 Å². The number of phenolic OH excluding ortho intramolecular Hbond substituents is 3. The van der Waals surface area contributed by atoms with Crippen LogP contribution >= 0.6 is 0 Å². The average molecular weight is 832 g/mol. The van der Waals surface area contributed by atoms with E-state index in [4.69, 9.17) is 0 Å². The minimum absolute atomic E-state index is 0.0122. The van der Waals surface area contributed by atoms with Crippen molar-refractivity contribution in [1.82, 2.24) is 13.7 Å². The Balaban J connectivity index is 1.78. The number of phenols is 3. The zero-order valence-corrected chi connectivity index (χ0v) is 37.7. The van der Waals surface area contributed by atoms with Gasteiger partial charge in [0.1, 0.15) is 17.2 Å². The Morgan fingerprint density at radius 2 is 0.533 bits per heavy atom. The number of benzene rings is 3. The van der Waals surface area contributed by atoms with Crippen LogP contribution in [0.5, 0.6) is 17.2 Å². The molecule has 3 unspecified atom stereocenters. The van der Waals surface area contributed by atoms with Crippen LogP contribution in [0, 0.1) is 0 Å². The van der Waals surface area contributed by atoms with E-state index in [9.17, 15) is 45.0 Å². The molecule has 4 rings (SSSR count). The molecule has 0 fully saturated rings. The van der Waals surface area contributed by atoms with E-state index in [0.29, 0.717) is 50.1 Å². The quantitative estimate of drug-likeness (QED) is 0.0624. The summed E-state index contributed by atoms with van der Waals surface area (Å²) in [5, 5.41) is 67.2. The standard InChI is InChI=1S/C48H69N3O9/c1-25(2)37-16-31(17-38(26(3)4)43(37)55)13-34(52)22-49-46(58)50(23-35(53)14-32-18-39(27(5)6)44(56)40(19-32)28(7)8)48(60)51(47(49)59)24-36(54)15-33-20-41(29(9)10)45(57)42(21-33)30(11)12/h16-21,25-30,34-36,52-57H,13-15,22-24H2,1-12H3. The maximum absolute atomic E-state index is 14.2. The Labute approximate surface area is 354 Å². The molecule has 60 heavy (non-hydrogen) atoms. The van der Waals surface area contributed by atoms with E-state index < -0.39 is 55.0 Å². The van der Waals surface area contributed by atoms with Gasteiger partial charge in [0, 0.05) is 19.3 Å². The van der Waals surface area contributed by atoms with Crippen LogP contribution in [0.25, 0.3) is 0 Å². The summed E-state index contributed by atoms with van der Waals surface area (Å²) in [6, 6.07) is 10.8. The molecule has 0 aliphatic rings. The molecule has 6 N–H and O–H groups in total. The molecule has 0 saturated heterocycles. The maximum Gasteiger partial charge on any atom is 0.336 e. The summed E-state index contributed by atoms with van der Waals surface area (Å²) in [6.07, 6.45) is -3.71. The highest BCUT2D eigenvalue weighted by Crippen LogP contribution is 2.37. The Kier molecular flexibility index (Phi) is 15.9. The van der Waals surface area contributed by atoms with Gasteiger partial charge in [-0.05, 0) is 85.6 Å². The Morgan fingerprint density at radius 3 is 0.683 bits per heavy atom. The van der Waals surface area contributed by atoms with Crippen LogP contribution in [0.2, 0.25) is 0 Å². The van der Waals surface area contributed by atoms with Crippen molar-refractivity contribution in [3.05, 3.63) is 118 Å². The van der Waals surface area contributed by atoms with Crippen LogP contribution in [0.15, 0.2) is 50.8 Å². The van der Waals surface area contributed by atoms with E-state index in [1.54, 1.807) is 36.4 Å². The molecule has 0 aliphatic carbocycles. The van der Waals surface area contributed by atoms with E-state index in [-0.39, 0.29) is 72.0 Å². The second-order valence-corrected chi connectivity index (χ2v) is 18.6. The first-order valence-electron chi connectivity index (χ1n) is 21.5. The fourth-order valence-electron chi connectivity index (χ4n) is 8.02. The SMILES string of the molecule is CC(C)c1cc(CC(O)Cn2c(=O)n(CC(O)Cc3cc(C(C)C)c(O)c(C(C)C)c3)c(=O)n(CC(O)Cc3cc(C(C)C)c(O)c(C(C)C)c3)c2=O)cc(C(C)C)c1O. The minimum atomic E-state index is -1.27. The Bertz CT molecular complexity index is 1940. The molecule has 12 heteroatoms. The molecule has 0 amide bonds. The summed E-state index contributed by atoms with van der Waals surface area (Å²) in [6.45, 7) is 22.0. The first-order chi connectivity index (χ1) is 27.9. The molecule has 1 heterocycles. The molecular formula is C48H69N3O9. The molecule has 0 aliphatic heterocycles. The molecule has 3 atom stereocenters. The largest absolute Gasteiger partial charge is 0.507 e. The second-order valence-electron chi connectivity index (χ2n) is 18.6. The van der Waals surface area contributed by atoms with Crippen LogP contribution in [0.3, 0.4) is 0 Å². The molecule has 1 aromatic heterocycles. The number of aromatic hydroxyl groups is 3. The van der Waals surface area contributed by atoms with Crippen molar-refractivity contribution in [2.45, 2.75) is 176 Å². The van der Waals surface area contributed by atoms with Crippen molar-refractivity contribution in [3.8, 4) is 17.2 Å². The van der Waals surface area contributed by atoms with Gasteiger partial charge in [-0.2, -0.15) is 0 Å². The molecule has 4 aromatic rings. The van der Waals surface area contributed by atoms with Crippen molar-refractivity contribution in [3.63, 3.8) is 0 Å². The van der Waals surface area contributed by atoms with E-state index in [1.165, 1.54) is 0 Å². The lowest BCUT2D eigenvalue weighted by molar-refractivity contribution is 0.128. The summed E-state index contributed by atoms with van der Waals surface area (Å²) < 4.78 is 2.34. The molecule has 0 radical (unpaired) electrons. The van der Waals surface area contributed by atoms with E-state index in [2.05, 4.69) is 0 Å². The number of aliphatic hydroxyl groups excluding tert-OH is 3. The van der Waals surface area contributed by atoms with Crippen LogP contribution in [0.4, 0.5) is 0 Å². The van der Waals surface area contributed by atoms with Crippen LogP contribution in [-0.4, -0.2) is 62.7 Å². The highest BCUT2D eigenvalue weighted by molar-refractivity contribution is 5.49. The average Bonchev–Trinajstić information content (AvgIpc) is 3.14. The van der Waals surface area contributed by atoms with Crippen LogP contribution in [-0.2, 0) is 38.9 Å². The molecule has 12 nitrogen and oxygen atoms in total. The maximum atomic E-state index is 14.2. The van der Waals surface area contributed by atoms with Gasteiger partial charge in [0.2, 0.25) is 0 Å². The lowest BCUT2D eigenvalue weighted by Gasteiger charge is -2.22. The summed E-state index contributed by atoms with van der Waals surface area (Å²) in [4.78, 5) is 42.5. The summed E-state index contributed by atoms with van der Waals surface area (Å²) >= 11 is 0. The summed E-state index contributed by atoms with van der Waals surface area (Å²) in [5.41, 5.74) is 3.34. The Morgan fingerprint density at radius 1 is 0.367 bits per heavy atom. The molecule has 0 bridgehead atoms. The highest BCUT2D eigenvalue weighted by atomic mass is 16.3. The summed E-state index contributed by atoms with van der Waals surface area (Å²) in [5.74, 6) is 0.518. The lowest BCUT2D eigenvalue weighted by atomic mass is 9.90. The van der Waals surface area contributed by atoms with E-state index in [1.807, 2.05) is 83.1 Å². The fourth-order valence-corrected chi connectivity index (χ4v) is 8.02. The number of hydrogen-bond donors (Lipinski definition) is 6. The minimum Gasteiger partial charge on any atom is -0.507 e. The molecular weight excluding hydrogens is 763 g/mol. The second kappa shape index (κ2) is 19.8. The Hall–Kier alpha value is -4.65. The molecule has 330 valence electrons. The van der Waals surface area contributed by atoms with Gasteiger partial charge in [-0.25, -0.2) is 28.1 Å². The van der Waals surface area contributed by atoms with Gasteiger partial charge in [0.25, 0.3) is 0 Å². The summed E-state index contributed by atoms with van der Waals surface area (Å²) in [7, 11) is 0. The molecule has 0 spiro atoms. The van der Waals surface area contributed by atoms with Gasteiger partial charge in [0.15, 0.2) is 0 Å². The van der Waals surface area contributed by atoms with Crippen molar-refractivity contribution in [2.75, 3.05) is 0 Å². The van der Waals surface area contributed by atoms with Gasteiger partial charge in [-0.15, -0.1) is 0 Å². The number of nitrogens with zero attached hydrogens (tertiary/aromatic N) is 3. The van der Waals surface area contributed by atoms with Crippen molar-refractivity contribution in [2.24, 2.45) is 0 Å². The van der Waals surface area contributed by atoms with Crippen molar-refractivity contribution < 1.29 is 30.6 Å². The first-order valence-corrected chi connectivity index (χ1v) is 21.5. The lowest BCUT2D eigenvalue weighted by Crippen LogP contribution is -2.57. The van der Waals surface area contributed by atoms with E-state index in [0.717, 1.165) is 13.7 Å². The number of aromatic nitrogens is 3. The zero-order valence-electron chi connectivity index (χ0n) is 37.7. The molecule has 3 aromatic carbocycles. The highest BCUT2D eigenvalue weighted by Gasteiger charge is 2.25. The monoisotopic (exact) mass is 832 g/mol. The normalized spacial score (nSPS) is 13.8. The third-order valence-corrected chi connectivity index (χ3v) is 11.4. The van der Waals surface area contributed by atoms with Gasteiger partial charge >= 0.3 is 17.1 Å². The predicted octanol–water partition coefficient (Wildman–Crippen LogP) is 6.84. The number of hydrogen-bond acceptors (Lipinski definition) is 9. The van der Waals surface area contributed by atoms with Crippen molar-refractivity contribution >= 4 is 0 Å². The van der Waals surface area contributed by atoms with Gasteiger partial charge < -0.3 is 30.6 Å². The van der Waals surface area contributed by atoms with E-state index >= 15 is 0 Å². The van der Waals surface area contributed by atoms with Crippen LogP contribution < -0.4 is 17.1 Å². The number of rotatable bonds is 18. The topological polar surface area (TPSA) is 187 Å². The third kappa shape index (κ3) is 11.0. The third-order valence-electron chi connectivity index (χ3n) is 11.4. The smallest absolute Gasteiger partial charge is 0.336 e. The van der Waals surface area contributed by atoms with Gasteiger partial charge in [-0.1, -0.05) is 119 Å². The van der Waals surface area contributed by atoms with Crippen LogP contribution in [0.1, 0.15) is 169 Å². The van der Waals surface area contributed by atoms with Gasteiger partial charge in [-0.3, -0.25) is 0 Å².